The Balaban J connectivity index is 0.000000590. The van der Waals surface area contributed by atoms with Gasteiger partial charge < -0.3 is 14.6 Å². The molecule has 0 atom stereocenters. The molecule has 1 aromatic carbocycles. The number of esters is 2. The van der Waals surface area contributed by atoms with Crippen LogP contribution in [0.2, 0.25) is 0 Å². The highest BCUT2D eigenvalue weighted by molar-refractivity contribution is 5.92. The number of benzene rings is 1. The fraction of sp³-hybridized carbons (Fsp3) is 0.333. The first-order chi connectivity index (χ1) is 12.4. The van der Waals surface area contributed by atoms with Crippen molar-refractivity contribution >= 4 is 18.0 Å². The molecule has 0 aromatic heterocycles. The molecule has 0 aliphatic heterocycles. The van der Waals surface area contributed by atoms with Crippen molar-refractivity contribution in [2.45, 2.75) is 26.7 Å². The maximum absolute atomic E-state index is 11.5. The predicted molar refractivity (Wildman–Crippen MR) is 103 cm³/mol. The van der Waals surface area contributed by atoms with E-state index in [1.807, 2.05) is 36.4 Å². The van der Waals surface area contributed by atoms with Gasteiger partial charge in [-0.25, -0.2) is 9.59 Å². The molecule has 5 heteroatoms. The van der Waals surface area contributed by atoms with E-state index in [1.54, 1.807) is 13.0 Å². The van der Waals surface area contributed by atoms with Gasteiger partial charge in [-0.05, 0) is 25.0 Å². The summed E-state index contributed by atoms with van der Waals surface area (Å²) < 4.78 is 9.51. The van der Waals surface area contributed by atoms with E-state index >= 15 is 0 Å². The second-order valence-electron chi connectivity index (χ2n) is 5.40. The Bertz CT molecular complexity index is 602. The average molecular weight is 360 g/mol. The molecular weight excluding hydrogens is 332 g/mol. The molecule has 1 rings (SSSR count). The molecular formula is C21H28O5. The van der Waals surface area contributed by atoms with Crippen LogP contribution < -0.4 is 0 Å². The Morgan fingerprint density at radius 3 is 2.23 bits per heavy atom. The Morgan fingerprint density at radius 1 is 1.08 bits per heavy atom. The van der Waals surface area contributed by atoms with Crippen LogP contribution in [-0.2, 0) is 19.1 Å². The largest absolute Gasteiger partial charge is 0.462 e. The van der Waals surface area contributed by atoms with Gasteiger partial charge in [0.1, 0.15) is 6.61 Å². The molecule has 0 radical (unpaired) electrons. The minimum atomic E-state index is -0.455. The fourth-order valence-electron chi connectivity index (χ4n) is 1.49. The molecule has 0 aliphatic carbocycles. The van der Waals surface area contributed by atoms with Crippen molar-refractivity contribution in [3.05, 3.63) is 66.3 Å². The Labute approximate surface area is 155 Å². The summed E-state index contributed by atoms with van der Waals surface area (Å²) in [4.78, 5) is 21.9. The summed E-state index contributed by atoms with van der Waals surface area (Å²) >= 11 is 0. The molecule has 0 spiro atoms. The molecule has 0 saturated heterocycles. The van der Waals surface area contributed by atoms with Crippen molar-refractivity contribution in [2.75, 3.05) is 19.8 Å². The van der Waals surface area contributed by atoms with E-state index < -0.39 is 5.97 Å². The van der Waals surface area contributed by atoms with Crippen molar-refractivity contribution in [3.63, 3.8) is 0 Å². The van der Waals surface area contributed by atoms with Gasteiger partial charge in [-0.2, -0.15) is 0 Å². The Kier molecular flexibility index (Phi) is 13.2. The second-order valence-corrected chi connectivity index (χ2v) is 5.40. The van der Waals surface area contributed by atoms with Gasteiger partial charge in [-0.15, -0.1) is 0 Å². The lowest BCUT2D eigenvalue weighted by Gasteiger charge is -2.02. The van der Waals surface area contributed by atoms with E-state index in [1.165, 1.54) is 0 Å². The molecule has 0 amide bonds. The number of hydrogen-bond donors (Lipinski definition) is 1. The lowest BCUT2D eigenvalue weighted by atomic mass is 10.2. The van der Waals surface area contributed by atoms with Gasteiger partial charge in [0.15, 0.2) is 0 Å². The fourth-order valence-corrected chi connectivity index (χ4v) is 1.49. The number of ether oxygens (including phenoxy) is 2. The van der Waals surface area contributed by atoms with E-state index in [-0.39, 0.29) is 19.2 Å². The molecule has 0 aliphatic rings. The minimum absolute atomic E-state index is 0.0473. The monoisotopic (exact) mass is 360 g/mol. The number of carbonyl (C=O) groups is 2. The SMILES string of the molecule is C=C(C)C(=O)OCCO.C=C(C=Cc1ccccc1)C(=O)OCCCC. The normalized spacial score (nSPS) is 9.81. The molecule has 26 heavy (non-hydrogen) atoms. The summed E-state index contributed by atoms with van der Waals surface area (Å²) in [6.45, 7) is 11.0. The van der Waals surface area contributed by atoms with Gasteiger partial charge in [0.2, 0.25) is 0 Å². The topological polar surface area (TPSA) is 72.8 Å². The lowest BCUT2D eigenvalue weighted by molar-refractivity contribution is -0.140. The highest BCUT2D eigenvalue weighted by atomic mass is 16.5. The van der Waals surface area contributed by atoms with Gasteiger partial charge in [0.25, 0.3) is 0 Å². The zero-order valence-corrected chi connectivity index (χ0v) is 15.6. The molecule has 1 aromatic rings. The van der Waals surface area contributed by atoms with Crippen LogP contribution in [0.1, 0.15) is 32.3 Å². The molecule has 0 heterocycles. The van der Waals surface area contributed by atoms with Crippen LogP contribution in [0.15, 0.2) is 60.7 Å². The predicted octanol–water partition coefficient (Wildman–Crippen LogP) is 3.70. The van der Waals surface area contributed by atoms with Crippen molar-refractivity contribution < 1.29 is 24.2 Å². The maximum atomic E-state index is 11.5. The number of aliphatic hydroxyl groups excluding tert-OH is 1. The van der Waals surface area contributed by atoms with Crippen molar-refractivity contribution in [1.82, 2.24) is 0 Å². The number of unbranched alkanes of at least 4 members (excludes halogenated alkanes) is 1. The van der Waals surface area contributed by atoms with Crippen LogP contribution in [0.5, 0.6) is 0 Å². The van der Waals surface area contributed by atoms with Gasteiger partial charge in [0, 0.05) is 5.57 Å². The first-order valence-electron chi connectivity index (χ1n) is 8.45. The summed E-state index contributed by atoms with van der Waals surface area (Å²) in [5.41, 5.74) is 1.77. The van der Waals surface area contributed by atoms with Gasteiger partial charge in [-0.3, -0.25) is 0 Å². The van der Waals surface area contributed by atoms with E-state index in [4.69, 9.17) is 9.84 Å². The van der Waals surface area contributed by atoms with E-state index in [9.17, 15) is 9.59 Å². The first-order valence-corrected chi connectivity index (χ1v) is 8.45. The molecule has 1 N–H and O–H groups in total. The zero-order valence-electron chi connectivity index (χ0n) is 15.6. The summed E-state index contributed by atoms with van der Waals surface area (Å²) in [6.07, 6.45) is 5.44. The third-order valence-electron chi connectivity index (χ3n) is 2.94. The molecule has 5 nitrogen and oxygen atoms in total. The van der Waals surface area contributed by atoms with E-state index in [2.05, 4.69) is 24.8 Å². The average Bonchev–Trinajstić information content (AvgIpc) is 2.65. The van der Waals surface area contributed by atoms with E-state index in [0.29, 0.717) is 17.8 Å². The van der Waals surface area contributed by atoms with Crippen LogP contribution in [0, 0.1) is 0 Å². The third-order valence-corrected chi connectivity index (χ3v) is 2.94. The van der Waals surface area contributed by atoms with Crippen molar-refractivity contribution in [2.24, 2.45) is 0 Å². The third kappa shape index (κ3) is 11.8. The van der Waals surface area contributed by atoms with Crippen LogP contribution in [0.4, 0.5) is 0 Å². The highest BCUT2D eigenvalue weighted by Gasteiger charge is 2.04. The molecule has 142 valence electrons. The van der Waals surface area contributed by atoms with Gasteiger partial charge in [-0.1, -0.05) is 62.9 Å². The highest BCUT2D eigenvalue weighted by Crippen LogP contribution is 2.05. The van der Waals surface area contributed by atoms with Gasteiger partial charge in [0.05, 0.1) is 18.8 Å². The molecule has 0 unspecified atom stereocenters. The molecule has 0 fully saturated rings. The van der Waals surface area contributed by atoms with Crippen LogP contribution in [-0.4, -0.2) is 36.9 Å². The number of rotatable bonds is 9. The van der Waals surface area contributed by atoms with E-state index in [0.717, 1.165) is 18.4 Å². The quantitative estimate of drug-likeness (QED) is 0.315. The van der Waals surface area contributed by atoms with Crippen molar-refractivity contribution in [1.29, 1.82) is 0 Å². The first kappa shape index (κ1) is 23.3. The molecule has 0 bridgehead atoms. The van der Waals surface area contributed by atoms with Gasteiger partial charge >= 0.3 is 11.9 Å². The minimum Gasteiger partial charge on any atom is -0.462 e. The summed E-state index contributed by atoms with van der Waals surface area (Å²) in [7, 11) is 0. The number of hydrogen-bond acceptors (Lipinski definition) is 5. The maximum Gasteiger partial charge on any atom is 0.337 e. The standard InChI is InChI=1S/C15H18O2.C6H10O3/c1-3-4-12-17-15(16)13(2)10-11-14-8-6-5-7-9-14;1-5(2)6(8)9-4-3-7/h5-11H,2-4,12H2,1H3;7H,1,3-4H2,2H3. The summed E-state index contributed by atoms with van der Waals surface area (Å²) in [5.74, 6) is -0.797. The van der Waals surface area contributed by atoms with Crippen molar-refractivity contribution in [3.8, 4) is 0 Å². The Hall–Kier alpha value is -2.66. The van der Waals surface area contributed by atoms with Crippen LogP contribution in [0.25, 0.3) is 6.08 Å². The smallest absolute Gasteiger partial charge is 0.337 e. The number of carbonyl (C=O) groups excluding carboxylic acids is 2. The summed E-state index contributed by atoms with van der Waals surface area (Å²) in [5, 5.41) is 8.19. The second kappa shape index (κ2) is 14.7. The summed E-state index contributed by atoms with van der Waals surface area (Å²) in [6, 6.07) is 9.77. The Morgan fingerprint density at radius 2 is 1.69 bits per heavy atom. The zero-order chi connectivity index (χ0) is 19.8. The van der Waals surface area contributed by atoms with Crippen LogP contribution in [0.3, 0.4) is 0 Å². The number of aliphatic hydroxyl groups is 1. The lowest BCUT2D eigenvalue weighted by Crippen LogP contribution is -2.08. The molecule has 0 saturated carbocycles. The van der Waals surface area contributed by atoms with Crippen LogP contribution >= 0.6 is 0 Å².